The molecule has 0 radical (unpaired) electrons. The fourth-order valence-corrected chi connectivity index (χ4v) is 2.41. The van der Waals surface area contributed by atoms with Crippen LogP contribution in [0.2, 0.25) is 0 Å². The average molecular weight is 406 g/mol. The van der Waals surface area contributed by atoms with Gasteiger partial charge < -0.3 is 20.5 Å². The summed E-state index contributed by atoms with van der Waals surface area (Å²) >= 11 is 6.70. The van der Waals surface area contributed by atoms with E-state index >= 15 is 0 Å². The molecule has 2 rings (SSSR count). The number of hydrogen-bond acceptors (Lipinski definition) is 3. The molecule has 0 bridgehead atoms. The van der Waals surface area contributed by atoms with Crippen molar-refractivity contribution in [2.75, 3.05) is 6.61 Å². The van der Waals surface area contributed by atoms with E-state index in [0.29, 0.717) is 10.9 Å². The van der Waals surface area contributed by atoms with E-state index in [9.17, 15) is 9.59 Å². The van der Waals surface area contributed by atoms with Crippen molar-refractivity contribution in [2.45, 2.75) is 6.04 Å². The van der Waals surface area contributed by atoms with Gasteiger partial charge in [-0.25, -0.2) is 4.79 Å². The summed E-state index contributed by atoms with van der Waals surface area (Å²) in [5, 5.41) is 20.6. The number of hydrogen-bond donors (Lipinski definition) is 4. The summed E-state index contributed by atoms with van der Waals surface area (Å²) < 4.78 is 1.60. The Labute approximate surface area is 130 Å². The lowest BCUT2D eigenvalue weighted by Crippen LogP contribution is -2.43. The zero-order chi connectivity index (χ0) is 14.9. The van der Waals surface area contributed by atoms with Gasteiger partial charge in [0, 0.05) is 26.0 Å². The number of carboxylic acids is 1. The number of benzene rings is 1. The zero-order valence-corrected chi connectivity index (χ0v) is 13.2. The average Bonchev–Trinajstić information content (AvgIpc) is 2.78. The number of aromatic nitrogens is 1. The second-order valence-corrected chi connectivity index (χ2v) is 5.77. The number of carbonyl (C=O) groups excluding carboxylic acids is 1. The van der Waals surface area contributed by atoms with Crippen LogP contribution in [0.15, 0.2) is 27.3 Å². The maximum Gasteiger partial charge on any atom is 0.328 e. The first-order valence-corrected chi connectivity index (χ1v) is 7.13. The highest BCUT2D eigenvalue weighted by Crippen LogP contribution is 2.30. The molecule has 1 aromatic heterocycles. The maximum atomic E-state index is 12.1. The third-order valence-corrected chi connectivity index (χ3v) is 4.60. The molecule has 20 heavy (non-hydrogen) atoms. The van der Waals surface area contributed by atoms with E-state index < -0.39 is 24.5 Å². The fourth-order valence-electron chi connectivity index (χ4n) is 1.73. The van der Waals surface area contributed by atoms with Crippen molar-refractivity contribution in [1.82, 2.24) is 10.3 Å². The molecule has 0 spiro atoms. The predicted octanol–water partition coefficient (Wildman–Crippen LogP) is 1.87. The van der Waals surface area contributed by atoms with E-state index in [4.69, 9.17) is 10.2 Å². The second kappa shape index (κ2) is 5.94. The van der Waals surface area contributed by atoms with Crippen LogP contribution in [-0.2, 0) is 4.79 Å². The van der Waals surface area contributed by atoms with Crippen LogP contribution < -0.4 is 5.32 Å². The number of nitrogens with one attached hydrogen (secondary N) is 2. The van der Waals surface area contributed by atoms with Crippen LogP contribution in [0, 0.1) is 0 Å². The van der Waals surface area contributed by atoms with Crippen molar-refractivity contribution in [3.8, 4) is 0 Å². The van der Waals surface area contributed by atoms with Crippen molar-refractivity contribution >= 4 is 54.6 Å². The number of carboxylic acid groups (broad SMARTS) is 1. The maximum absolute atomic E-state index is 12.1. The van der Waals surface area contributed by atoms with Crippen LogP contribution in [0.4, 0.5) is 0 Å². The molecule has 1 atom stereocenters. The van der Waals surface area contributed by atoms with Crippen molar-refractivity contribution in [3.63, 3.8) is 0 Å². The quantitative estimate of drug-likeness (QED) is 0.623. The lowest BCUT2D eigenvalue weighted by molar-refractivity contribution is -0.140. The summed E-state index contributed by atoms with van der Waals surface area (Å²) in [4.78, 5) is 25.8. The molecule has 2 aromatic rings. The van der Waals surface area contributed by atoms with Crippen LogP contribution in [0.5, 0.6) is 0 Å². The molecule has 0 aliphatic carbocycles. The lowest BCUT2D eigenvalue weighted by atomic mass is 10.1. The van der Waals surface area contributed by atoms with Gasteiger partial charge in [0.15, 0.2) is 6.04 Å². The SMILES string of the molecule is O=C(NC(CO)C(=O)O)c1c[nH]c2cc(Br)c(Br)cc12. The molecule has 4 N–H and O–H groups in total. The van der Waals surface area contributed by atoms with Gasteiger partial charge in [-0.05, 0) is 44.0 Å². The smallest absolute Gasteiger partial charge is 0.328 e. The number of carbonyl (C=O) groups is 2. The summed E-state index contributed by atoms with van der Waals surface area (Å²) in [6.07, 6.45) is 1.50. The van der Waals surface area contributed by atoms with Crippen molar-refractivity contribution < 1.29 is 19.8 Å². The van der Waals surface area contributed by atoms with Gasteiger partial charge in [0.1, 0.15) is 0 Å². The number of aliphatic hydroxyl groups excluding tert-OH is 1. The number of H-pyrrole nitrogens is 1. The normalized spacial score (nSPS) is 12.3. The Morgan fingerprint density at radius 1 is 1.30 bits per heavy atom. The van der Waals surface area contributed by atoms with Crippen LogP contribution in [-0.4, -0.2) is 39.7 Å². The van der Waals surface area contributed by atoms with Gasteiger partial charge in [-0.1, -0.05) is 0 Å². The van der Waals surface area contributed by atoms with Gasteiger partial charge in [-0.15, -0.1) is 0 Å². The molecule has 6 nitrogen and oxygen atoms in total. The highest BCUT2D eigenvalue weighted by molar-refractivity contribution is 9.13. The summed E-state index contributed by atoms with van der Waals surface area (Å²) in [6.45, 7) is -0.668. The number of amides is 1. The highest BCUT2D eigenvalue weighted by Gasteiger charge is 2.21. The predicted molar refractivity (Wildman–Crippen MR) is 79.7 cm³/mol. The number of fused-ring (bicyclic) bond motifs is 1. The third-order valence-electron chi connectivity index (χ3n) is 2.75. The van der Waals surface area contributed by atoms with Crippen LogP contribution in [0.3, 0.4) is 0 Å². The van der Waals surface area contributed by atoms with Gasteiger partial charge in [0.2, 0.25) is 0 Å². The minimum Gasteiger partial charge on any atom is -0.480 e. The van der Waals surface area contributed by atoms with Crippen LogP contribution >= 0.6 is 31.9 Å². The first-order chi connectivity index (χ1) is 9.43. The first-order valence-electron chi connectivity index (χ1n) is 5.54. The molecule has 0 saturated heterocycles. The highest BCUT2D eigenvalue weighted by atomic mass is 79.9. The Bertz CT molecular complexity index is 683. The Balaban J connectivity index is 2.35. The van der Waals surface area contributed by atoms with Gasteiger partial charge in [0.05, 0.1) is 12.2 Å². The fraction of sp³-hybridized carbons (Fsp3) is 0.167. The van der Waals surface area contributed by atoms with E-state index in [-0.39, 0.29) is 0 Å². The summed E-state index contributed by atoms with van der Waals surface area (Å²) in [5.74, 6) is -1.85. The summed E-state index contributed by atoms with van der Waals surface area (Å²) in [5.41, 5.74) is 1.05. The minimum atomic E-state index is -1.33. The van der Waals surface area contributed by atoms with Gasteiger partial charge in [-0.2, -0.15) is 0 Å². The van der Waals surface area contributed by atoms with Crippen LogP contribution in [0.1, 0.15) is 10.4 Å². The monoisotopic (exact) mass is 404 g/mol. The third kappa shape index (κ3) is 2.87. The van der Waals surface area contributed by atoms with E-state index in [2.05, 4.69) is 42.2 Å². The van der Waals surface area contributed by atoms with E-state index in [1.807, 2.05) is 0 Å². The molecular weight excluding hydrogens is 396 g/mol. The standard InChI is InChI=1S/C12H10Br2N2O4/c13-7-1-5-6(3-15-9(5)2-8(7)14)11(18)16-10(4-17)12(19)20/h1-3,10,15,17H,4H2,(H,16,18)(H,19,20). The largest absolute Gasteiger partial charge is 0.480 e. The molecule has 1 unspecified atom stereocenters. The molecular formula is C12H10Br2N2O4. The Hall–Kier alpha value is -1.38. The second-order valence-electron chi connectivity index (χ2n) is 4.06. The number of aromatic amines is 1. The number of aliphatic carboxylic acids is 1. The molecule has 1 heterocycles. The molecule has 1 aromatic carbocycles. The topological polar surface area (TPSA) is 102 Å². The Morgan fingerprint density at radius 3 is 2.55 bits per heavy atom. The van der Waals surface area contributed by atoms with Crippen molar-refractivity contribution in [1.29, 1.82) is 0 Å². The molecule has 0 fully saturated rings. The molecule has 0 aliphatic heterocycles. The minimum absolute atomic E-state index is 0.313. The van der Waals surface area contributed by atoms with E-state index in [1.54, 1.807) is 12.1 Å². The zero-order valence-electron chi connectivity index (χ0n) is 9.98. The molecule has 0 saturated carbocycles. The first kappa shape index (κ1) is 15.0. The molecule has 1 amide bonds. The Kier molecular flexibility index (Phi) is 4.46. The number of rotatable bonds is 4. The Morgan fingerprint density at radius 2 is 1.95 bits per heavy atom. The molecule has 8 heteroatoms. The van der Waals surface area contributed by atoms with Crippen molar-refractivity contribution in [2.24, 2.45) is 0 Å². The molecule has 106 valence electrons. The van der Waals surface area contributed by atoms with Gasteiger partial charge >= 0.3 is 5.97 Å². The van der Waals surface area contributed by atoms with E-state index in [0.717, 1.165) is 14.5 Å². The van der Waals surface area contributed by atoms with E-state index in [1.165, 1.54) is 6.20 Å². The van der Waals surface area contributed by atoms with Gasteiger partial charge in [0.25, 0.3) is 5.91 Å². The van der Waals surface area contributed by atoms with Crippen LogP contribution in [0.25, 0.3) is 10.9 Å². The number of aliphatic hydroxyl groups is 1. The summed E-state index contributed by atoms with van der Waals surface area (Å²) in [7, 11) is 0. The molecule has 0 aliphatic rings. The van der Waals surface area contributed by atoms with Crippen molar-refractivity contribution in [3.05, 3.63) is 32.8 Å². The lowest BCUT2D eigenvalue weighted by Gasteiger charge is -2.11. The van der Waals surface area contributed by atoms with Gasteiger partial charge in [-0.3, -0.25) is 4.79 Å². The summed E-state index contributed by atoms with van der Waals surface area (Å²) in [6, 6.07) is 2.22. The number of halogens is 2.